The average molecular weight is 307 g/mol. The molecule has 0 atom stereocenters. The van der Waals surface area contributed by atoms with Crippen LogP contribution >= 0.6 is 0 Å². The van der Waals surface area contributed by atoms with Gasteiger partial charge in [0.05, 0.1) is 12.7 Å². The van der Waals surface area contributed by atoms with Gasteiger partial charge in [-0.2, -0.15) is 5.26 Å². The van der Waals surface area contributed by atoms with Gasteiger partial charge in [-0.15, -0.1) is 0 Å². The van der Waals surface area contributed by atoms with Gasteiger partial charge in [0.1, 0.15) is 11.6 Å². The molecule has 1 aromatic carbocycles. The van der Waals surface area contributed by atoms with E-state index in [4.69, 9.17) is 10.00 Å². The number of hydrogen-bond donors (Lipinski definition) is 0. The van der Waals surface area contributed by atoms with Gasteiger partial charge >= 0.3 is 0 Å². The first kappa shape index (κ1) is 15.5. The van der Waals surface area contributed by atoms with Crippen molar-refractivity contribution in [3.63, 3.8) is 0 Å². The predicted molar refractivity (Wildman–Crippen MR) is 88.9 cm³/mol. The highest BCUT2D eigenvalue weighted by Crippen LogP contribution is 2.34. The Bertz CT molecular complexity index is 665. The molecule has 1 aromatic heterocycles. The molecule has 0 spiro atoms. The maximum Gasteiger partial charge on any atom is 0.131 e. The molecule has 1 heterocycles. The van der Waals surface area contributed by atoms with E-state index in [9.17, 15) is 0 Å². The first-order valence-corrected chi connectivity index (χ1v) is 8.25. The second kappa shape index (κ2) is 7.23. The highest BCUT2D eigenvalue weighted by Gasteiger charge is 2.23. The molecule has 2 aromatic rings. The summed E-state index contributed by atoms with van der Waals surface area (Å²) in [4.78, 5) is 9.13. The minimum absolute atomic E-state index is 0.217. The zero-order valence-corrected chi connectivity index (χ0v) is 13.4. The molecule has 118 valence electrons. The number of nitrogens with zero attached hydrogens (tertiary/aromatic N) is 3. The monoisotopic (exact) mass is 307 g/mol. The van der Waals surface area contributed by atoms with E-state index >= 15 is 0 Å². The van der Waals surface area contributed by atoms with Crippen LogP contribution in [0.15, 0.2) is 36.7 Å². The Morgan fingerprint density at radius 1 is 1.04 bits per heavy atom. The SMILES string of the molecule is CCOc1ccc(-c2cnc([C@H]3CC[C@H](C#N)CC3)nc2)cc1. The summed E-state index contributed by atoms with van der Waals surface area (Å²) in [6.07, 6.45) is 7.75. The van der Waals surface area contributed by atoms with E-state index in [2.05, 4.69) is 16.0 Å². The van der Waals surface area contributed by atoms with Crippen molar-refractivity contribution in [1.82, 2.24) is 9.97 Å². The molecule has 1 aliphatic carbocycles. The summed E-state index contributed by atoms with van der Waals surface area (Å²) in [6.45, 7) is 2.65. The molecule has 0 aliphatic heterocycles. The fourth-order valence-corrected chi connectivity index (χ4v) is 3.09. The molecule has 0 amide bonds. The molecule has 0 radical (unpaired) electrons. The van der Waals surface area contributed by atoms with Crippen molar-refractivity contribution < 1.29 is 4.74 Å². The van der Waals surface area contributed by atoms with E-state index < -0.39 is 0 Å². The highest BCUT2D eigenvalue weighted by molar-refractivity contribution is 5.62. The summed E-state index contributed by atoms with van der Waals surface area (Å²) < 4.78 is 5.46. The first-order valence-electron chi connectivity index (χ1n) is 8.25. The second-order valence-electron chi connectivity index (χ2n) is 5.96. The lowest BCUT2D eigenvalue weighted by Crippen LogP contribution is -2.14. The lowest BCUT2D eigenvalue weighted by Gasteiger charge is -2.23. The minimum atomic E-state index is 0.217. The van der Waals surface area contributed by atoms with Crippen LogP contribution in [0, 0.1) is 17.2 Å². The molecule has 1 aliphatic rings. The Kier molecular flexibility index (Phi) is 4.87. The third kappa shape index (κ3) is 3.68. The van der Waals surface area contributed by atoms with Crippen LogP contribution in [0.1, 0.15) is 44.3 Å². The maximum atomic E-state index is 8.97. The molecule has 3 rings (SSSR count). The van der Waals surface area contributed by atoms with Crippen molar-refractivity contribution in [2.24, 2.45) is 5.92 Å². The van der Waals surface area contributed by atoms with Crippen LogP contribution in [0.25, 0.3) is 11.1 Å². The molecule has 1 saturated carbocycles. The van der Waals surface area contributed by atoms with Gasteiger partial charge in [-0.05, 0) is 50.3 Å². The molecular weight excluding hydrogens is 286 g/mol. The molecule has 4 nitrogen and oxygen atoms in total. The summed E-state index contributed by atoms with van der Waals surface area (Å²) >= 11 is 0. The normalized spacial score (nSPS) is 20.7. The van der Waals surface area contributed by atoms with Crippen LogP contribution in [0.3, 0.4) is 0 Å². The molecule has 0 bridgehead atoms. The summed E-state index contributed by atoms with van der Waals surface area (Å²) in [7, 11) is 0. The first-order chi connectivity index (χ1) is 11.3. The van der Waals surface area contributed by atoms with Crippen molar-refractivity contribution in [2.75, 3.05) is 6.61 Å². The van der Waals surface area contributed by atoms with Gasteiger partial charge in [0.2, 0.25) is 0 Å². The smallest absolute Gasteiger partial charge is 0.131 e. The molecule has 0 N–H and O–H groups in total. The lowest BCUT2D eigenvalue weighted by atomic mass is 9.82. The quantitative estimate of drug-likeness (QED) is 0.843. The van der Waals surface area contributed by atoms with Gasteiger partial charge in [0.15, 0.2) is 0 Å². The molecular formula is C19H21N3O. The van der Waals surface area contributed by atoms with Crippen molar-refractivity contribution in [2.45, 2.75) is 38.5 Å². The topological polar surface area (TPSA) is 58.8 Å². The number of aromatic nitrogens is 2. The van der Waals surface area contributed by atoms with E-state index in [-0.39, 0.29) is 5.92 Å². The Morgan fingerprint density at radius 3 is 2.26 bits per heavy atom. The summed E-state index contributed by atoms with van der Waals surface area (Å²) in [5.74, 6) is 2.41. The molecule has 23 heavy (non-hydrogen) atoms. The summed E-state index contributed by atoms with van der Waals surface area (Å²) in [5, 5.41) is 8.97. The Labute approximate surface area is 137 Å². The van der Waals surface area contributed by atoms with Gasteiger partial charge in [-0.3, -0.25) is 0 Å². The van der Waals surface area contributed by atoms with E-state index in [1.807, 2.05) is 43.6 Å². The van der Waals surface area contributed by atoms with Gasteiger partial charge in [0.25, 0.3) is 0 Å². The fourth-order valence-electron chi connectivity index (χ4n) is 3.09. The van der Waals surface area contributed by atoms with Crippen LogP contribution < -0.4 is 4.74 Å². The second-order valence-corrected chi connectivity index (χ2v) is 5.96. The maximum absolute atomic E-state index is 8.97. The van der Waals surface area contributed by atoms with Crippen molar-refractivity contribution in [3.8, 4) is 22.9 Å². The Morgan fingerprint density at radius 2 is 1.70 bits per heavy atom. The van der Waals surface area contributed by atoms with Gasteiger partial charge in [-0.25, -0.2) is 9.97 Å². The number of ether oxygens (including phenoxy) is 1. The zero-order chi connectivity index (χ0) is 16.1. The number of benzene rings is 1. The summed E-state index contributed by atoms with van der Waals surface area (Å²) in [6, 6.07) is 10.4. The third-order valence-corrected chi connectivity index (χ3v) is 4.45. The Hall–Kier alpha value is -2.41. The molecule has 0 unspecified atom stereocenters. The van der Waals surface area contributed by atoms with Crippen molar-refractivity contribution in [1.29, 1.82) is 5.26 Å². The van der Waals surface area contributed by atoms with Crippen LogP contribution in [-0.4, -0.2) is 16.6 Å². The lowest BCUT2D eigenvalue weighted by molar-refractivity contribution is 0.340. The van der Waals surface area contributed by atoms with E-state index in [1.54, 1.807) is 0 Å². The van der Waals surface area contributed by atoms with E-state index in [0.29, 0.717) is 12.5 Å². The van der Waals surface area contributed by atoms with Crippen LogP contribution in [0.4, 0.5) is 0 Å². The zero-order valence-electron chi connectivity index (χ0n) is 13.4. The van der Waals surface area contributed by atoms with Gasteiger partial charge < -0.3 is 4.74 Å². The minimum Gasteiger partial charge on any atom is -0.494 e. The number of rotatable bonds is 4. The predicted octanol–water partition coefficient (Wildman–Crippen LogP) is 4.34. The number of hydrogen-bond acceptors (Lipinski definition) is 4. The molecule has 0 saturated heterocycles. The van der Waals surface area contributed by atoms with Gasteiger partial charge in [-0.1, -0.05) is 12.1 Å². The average Bonchev–Trinajstić information content (AvgIpc) is 2.63. The van der Waals surface area contributed by atoms with Gasteiger partial charge in [0, 0.05) is 29.8 Å². The van der Waals surface area contributed by atoms with E-state index in [1.165, 1.54) is 0 Å². The largest absolute Gasteiger partial charge is 0.494 e. The van der Waals surface area contributed by atoms with E-state index in [0.717, 1.165) is 48.4 Å². The van der Waals surface area contributed by atoms with Crippen LogP contribution in [0.2, 0.25) is 0 Å². The summed E-state index contributed by atoms with van der Waals surface area (Å²) in [5.41, 5.74) is 2.11. The van der Waals surface area contributed by atoms with Crippen LogP contribution in [0.5, 0.6) is 5.75 Å². The Balaban J connectivity index is 1.68. The van der Waals surface area contributed by atoms with Crippen molar-refractivity contribution >= 4 is 0 Å². The molecule has 4 heteroatoms. The van der Waals surface area contributed by atoms with Crippen molar-refractivity contribution in [3.05, 3.63) is 42.5 Å². The molecule has 1 fully saturated rings. The third-order valence-electron chi connectivity index (χ3n) is 4.45. The standard InChI is InChI=1S/C19H21N3O/c1-2-23-18-9-7-15(8-10-18)17-12-21-19(22-13-17)16-5-3-14(11-20)4-6-16/h7-10,12-14,16H,2-6H2,1H3/t14-,16-. The highest BCUT2D eigenvalue weighted by atomic mass is 16.5. The van der Waals surface area contributed by atoms with Crippen LogP contribution in [-0.2, 0) is 0 Å². The number of nitriles is 1. The fraction of sp³-hybridized carbons (Fsp3) is 0.421.